The van der Waals surface area contributed by atoms with Crippen molar-refractivity contribution in [1.29, 1.82) is 0 Å². The minimum atomic E-state index is -0.943. The molecular weight excluding hydrogens is 266 g/mol. The second-order valence-corrected chi connectivity index (χ2v) is 5.94. The zero-order valence-electron chi connectivity index (χ0n) is 13.7. The summed E-state index contributed by atoms with van der Waals surface area (Å²) in [6.45, 7) is 11.0. The van der Waals surface area contributed by atoms with Crippen LogP contribution in [0.1, 0.15) is 51.2 Å². The van der Waals surface area contributed by atoms with Gasteiger partial charge in [0.2, 0.25) is 0 Å². The average Bonchev–Trinajstić information content (AvgIpc) is 2.38. The highest BCUT2D eigenvalue weighted by Gasteiger charge is 2.31. The Kier molecular flexibility index (Phi) is 6.21. The molecule has 0 saturated heterocycles. The maximum atomic E-state index is 11.3. The van der Waals surface area contributed by atoms with Gasteiger partial charge in [0.05, 0.1) is 6.61 Å². The quantitative estimate of drug-likeness (QED) is 0.772. The molecule has 0 heterocycles. The van der Waals surface area contributed by atoms with Crippen LogP contribution in [0.5, 0.6) is 5.75 Å². The van der Waals surface area contributed by atoms with Crippen LogP contribution in [-0.4, -0.2) is 29.8 Å². The Balaban J connectivity index is 2.63. The van der Waals surface area contributed by atoms with Crippen molar-refractivity contribution in [3.63, 3.8) is 0 Å². The van der Waals surface area contributed by atoms with Gasteiger partial charge in [0.1, 0.15) is 11.3 Å². The molecule has 1 aromatic rings. The molecule has 0 fully saturated rings. The Labute approximate surface area is 127 Å². The summed E-state index contributed by atoms with van der Waals surface area (Å²) in [6, 6.07) is 6.05. The maximum Gasteiger partial charge on any atom is 0.323 e. The molecule has 0 aromatic heterocycles. The first kappa shape index (κ1) is 17.5. The van der Waals surface area contributed by atoms with Gasteiger partial charge in [-0.15, -0.1) is 0 Å². The Bertz CT molecular complexity index is 485. The van der Waals surface area contributed by atoms with E-state index < -0.39 is 11.5 Å². The summed E-state index contributed by atoms with van der Waals surface area (Å²) in [5.41, 5.74) is 1.57. The van der Waals surface area contributed by atoms with Crippen LogP contribution >= 0.6 is 0 Å². The molecule has 1 rings (SSSR count). The minimum absolute atomic E-state index is 0.371. The molecule has 21 heavy (non-hydrogen) atoms. The topological polar surface area (TPSA) is 58.6 Å². The van der Waals surface area contributed by atoms with Gasteiger partial charge in [-0.3, -0.25) is 4.79 Å². The molecule has 0 aliphatic rings. The predicted molar refractivity (Wildman–Crippen MR) is 85.1 cm³/mol. The molecule has 0 aliphatic carbocycles. The fourth-order valence-electron chi connectivity index (χ4n) is 2.42. The number of benzene rings is 1. The lowest BCUT2D eigenvalue weighted by molar-refractivity contribution is -0.144. The number of carboxylic acids is 1. The third kappa shape index (κ3) is 4.74. The molecule has 1 unspecified atom stereocenters. The number of rotatable bonds is 8. The number of carboxylic acid groups (broad SMARTS) is 1. The van der Waals surface area contributed by atoms with E-state index in [-0.39, 0.29) is 0 Å². The van der Waals surface area contributed by atoms with E-state index in [1.807, 2.05) is 19.1 Å². The third-order valence-electron chi connectivity index (χ3n) is 3.77. The highest BCUT2D eigenvalue weighted by molar-refractivity contribution is 5.78. The molecule has 0 amide bonds. The van der Waals surface area contributed by atoms with Crippen molar-refractivity contribution in [3.05, 3.63) is 29.3 Å². The van der Waals surface area contributed by atoms with Crippen LogP contribution in [0.3, 0.4) is 0 Å². The fraction of sp³-hybridized carbons (Fsp3) is 0.588. The molecule has 2 N–H and O–H groups in total. The number of hydrogen-bond donors (Lipinski definition) is 2. The van der Waals surface area contributed by atoms with Gasteiger partial charge in [0.15, 0.2) is 0 Å². The van der Waals surface area contributed by atoms with Crippen LogP contribution in [0.2, 0.25) is 0 Å². The zero-order chi connectivity index (χ0) is 16.0. The van der Waals surface area contributed by atoms with Crippen molar-refractivity contribution in [2.45, 2.75) is 52.5 Å². The minimum Gasteiger partial charge on any atom is -0.493 e. The van der Waals surface area contributed by atoms with Crippen molar-refractivity contribution in [1.82, 2.24) is 5.32 Å². The summed E-state index contributed by atoms with van der Waals surface area (Å²) in [5.74, 6) is 0.434. The largest absolute Gasteiger partial charge is 0.493 e. The van der Waals surface area contributed by atoms with Crippen LogP contribution in [0.25, 0.3) is 0 Å². The van der Waals surface area contributed by atoms with E-state index in [1.165, 1.54) is 11.1 Å². The highest BCUT2D eigenvalue weighted by atomic mass is 16.5. The molecule has 0 spiro atoms. The number of aryl methyl sites for hydroxylation is 1. The van der Waals surface area contributed by atoms with Crippen molar-refractivity contribution in [2.24, 2.45) is 0 Å². The van der Waals surface area contributed by atoms with E-state index in [2.05, 4.69) is 32.2 Å². The first-order chi connectivity index (χ1) is 9.80. The summed E-state index contributed by atoms with van der Waals surface area (Å²) >= 11 is 0. The SMILES string of the molecule is CCNC(C)(CCOc1ccc(C(C)C)c(C)c1)C(=O)O. The summed E-state index contributed by atoms with van der Waals surface area (Å²) in [5, 5.41) is 12.3. The predicted octanol–water partition coefficient (Wildman–Crippen LogP) is 3.34. The van der Waals surface area contributed by atoms with Gasteiger partial charge in [-0.25, -0.2) is 0 Å². The Morgan fingerprint density at radius 1 is 1.43 bits per heavy atom. The van der Waals surface area contributed by atoms with Gasteiger partial charge in [0, 0.05) is 6.42 Å². The van der Waals surface area contributed by atoms with Gasteiger partial charge >= 0.3 is 5.97 Å². The van der Waals surface area contributed by atoms with Crippen molar-refractivity contribution in [3.8, 4) is 5.75 Å². The smallest absolute Gasteiger partial charge is 0.323 e. The first-order valence-corrected chi connectivity index (χ1v) is 7.52. The monoisotopic (exact) mass is 293 g/mol. The Morgan fingerprint density at radius 2 is 2.10 bits per heavy atom. The van der Waals surface area contributed by atoms with Gasteiger partial charge in [-0.2, -0.15) is 0 Å². The highest BCUT2D eigenvalue weighted by Crippen LogP contribution is 2.24. The van der Waals surface area contributed by atoms with Gasteiger partial charge in [-0.1, -0.05) is 26.8 Å². The van der Waals surface area contributed by atoms with Gasteiger partial charge in [0.25, 0.3) is 0 Å². The number of carbonyl (C=O) groups is 1. The van der Waals surface area contributed by atoms with Crippen LogP contribution < -0.4 is 10.1 Å². The third-order valence-corrected chi connectivity index (χ3v) is 3.77. The van der Waals surface area contributed by atoms with Crippen LogP contribution in [0.4, 0.5) is 0 Å². The first-order valence-electron chi connectivity index (χ1n) is 7.52. The summed E-state index contributed by atoms with van der Waals surface area (Å²) in [7, 11) is 0. The van der Waals surface area contributed by atoms with E-state index in [0.29, 0.717) is 25.5 Å². The standard InChI is InChI=1S/C17H27NO3/c1-6-18-17(5,16(19)20)9-10-21-14-7-8-15(12(2)3)13(4)11-14/h7-8,11-12,18H,6,9-10H2,1-5H3,(H,19,20). The van der Waals surface area contributed by atoms with Crippen molar-refractivity contribution in [2.75, 3.05) is 13.2 Å². The molecule has 4 nitrogen and oxygen atoms in total. The molecule has 0 bridgehead atoms. The van der Waals surface area contributed by atoms with E-state index >= 15 is 0 Å². The molecule has 118 valence electrons. The Hall–Kier alpha value is -1.55. The normalized spacial score (nSPS) is 14.0. The van der Waals surface area contributed by atoms with Crippen molar-refractivity contribution < 1.29 is 14.6 Å². The fourth-order valence-corrected chi connectivity index (χ4v) is 2.42. The van der Waals surface area contributed by atoms with Gasteiger partial charge in [-0.05, 0) is 49.6 Å². The Morgan fingerprint density at radius 3 is 2.57 bits per heavy atom. The van der Waals surface area contributed by atoms with E-state index in [9.17, 15) is 9.90 Å². The molecule has 4 heteroatoms. The lowest BCUT2D eigenvalue weighted by Crippen LogP contribution is -2.50. The maximum absolute atomic E-state index is 11.3. The number of ether oxygens (including phenoxy) is 1. The van der Waals surface area contributed by atoms with Crippen LogP contribution in [0.15, 0.2) is 18.2 Å². The molecule has 0 aliphatic heterocycles. The van der Waals surface area contributed by atoms with Crippen LogP contribution in [-0.2, 0) is 4.79 Å². The molecule has 1 aromatic carbocycles. The molecule has 0 radical (unpaired) electrons. The van der Waals surface area contributed by atoms with E-state index in [0.717, 1.165) is 5.75 Å². The zero-order valence-corrected chi connectivity index (χ0v) is 13.7. The number of likely N-dealkylation sites (N-methyl/N-ethyl adjacent to an activating group) is 1. The number of aliphatic carboxylic acids is 1. The summed E-state index contributed by atoms with van der Waals surface area (Å²) in [6.07, 6.45) is 0.418. The second-order valence-electron chi connectivity index (χ2n) is 5.94. The summed E-state index contributed by atoms with van der Waals surface area (Å²) in [4.78, 5) is 11.3. The number of nitrogens with one attached hydrogen (secondary N) is 1. The second kappa shape index (κ2) is 7.46. The van der Waals surface area contributed by atoms with E-state index in [1.54, 1.807) is 6.92 Å². The van der Waals surface area contributed by atoms with Crippen molar-refractivity contribution >= 4 is 5.97 Å². The number of hydrogen-bond acceptors (Lipinski definition) is 3. The molecule has 0 saturated carbocycles. The lowest BCUT2D eigenvalue weighted by atomic mass is 9.97. The average molecular weight is 293 g/mol. The molecule has 1 atom stereocenters. The van der Waals surface area contributed by atoms with Gasteiger partial charge < -0.3 is 15.2 Å². The van der Waals surface area contributed by atoms with Crippen LogP contribution in [0, 0.1) is 6.92 Å². The van der Waals surface area contributed by atoms with E-state index in [4.69, 9.17) is 4.74 Å². The molecular formula is C17H27NO3. The summed E-state index contributed by atoms with van der Waals surface area (Å²) < 4.78 is 5.71. The lowest BCUT2D eigenvalue weighted by Gasteiger charge is -2.25.